The van der Waals surface area contributed by atoms with Crippen LogP contribution in [0, 0.1) is 0 Å². The van der Waals surface area contributed by atoms with E-state index in [0.29, 0.717) is 0 Å². The molecule has 0 aliphatic carbocycles. The smallest absolute Gasteiger partial charge is 0.199 e. The minimum atomic E-state index is -0.0388. The molecule has 0 aromatic heterocycles. The van der Waals surface area contributed by atoms with Gasteiger partial charge in [-0.2, -0.15) is 0 Å². The maximum atomic E-state index is 5.91. The maximum Gasteiger partial charge on any atom is 0.199 e. The molecule has 1 unspecified atom stereocenters. The molecule has 3 nitrogen and oxygen atoms in total. The summed E-state index contributed by atoms with van der Waals surface area (Å²) in [4.78, 5) is 2.35. The molecule has 2 aliphatic rings. The van der Waals surface area contributed by atoms with Crippen molar-refractivity contribution in [3.8, 4) is 5.75 Å². The summed E-state index contributed by atoms with van der Waals surface area (Å²) >= 11 is 0. The van der Waals surface area contributed by atoms with Crippen LogP contribution in [-0.4, -0.2) is 31.4 Å². The van der Waals surface area contributed by atoms with Crippen molar-refractivity contribution >= 4 is 0 Å². The number of fused-ring (bicyclic) bond motifs is 1. The largest absolute Gasteiger partial charge is 0.465 e. The predicted molar refractivity (Wildman–Crippen MR) is 70.7 cm³/mol. The van der Waals surface area contributed by atoms with Gasteiger partial charge >= 0.3 is 0 Å². The van der Waals surface area contributed by atoms with E-state index in [-0.39, 0.29) is 6.29 Å². The highest BCUT2D eigenvalue weighted by Crippen LogP contribution is 2.25. The summed E-state index contributed by atoms with van der Waals surface area (Å²) in [5.41, 5.74) is 2.86. The van der Waals surface area contributed by atoms with Gasteiger partial charge in [-0.25, -0.2) is 0 Å². The van der Waals surface area contributed by atoms with Crippen LogP contribution in [0.5, 0.6) is 5.75 Å². The summed E-state index contributed by atoms with van der Waals surface area (Å²) in [6, 6.07) is 6.47. The van der Waals surface area contributed by atoms with Gasteiger partial charge in [-0.1, -0.05) is 6.07 Å². The lowest BCUT2D eigenvalue weighted by atomic mass is 10.00. The van der Waals surface area contributed by atoms with Crippen molar-refractivity contribution in [1.82, 2.24) is 4.90 Å². The Hall–Kier alpha value is -1.06. The van der Waals surface area contributed by atoms with Crippen molar-refractivity contribution in [1.29, 1.82) is 0 Å². The standard InChI is InChI=1S/C15H21NO2/c1-16-8-7-12-10-14(6-5-13(12)11-16)18-15-4-2-3-9-17-15/h5-6,10,15H,2-4,7-9,11H2,1H3. The molecule has 0 amide bonds. The highest BCUT2D eigenvalue weighted by molar-refractivity contribution is 5.37. The third-order valence-corrected chi connectivity index (χ3v) is 3.79. The van der Waals surface area contributed by atoms with Gasteiger partial charge in [-0.3, -0.25) is 0 Å². The second kappa shape index (κ2) is 5.29. The van der Waals surface area contributed by atoms with Gasteiger partial charge in [0.1, 0.15) is 5.75 Å². The summed E-state index contributed by atoms with van der Waals surface area (Å²) in [5.74, 6) is 0.963. The van der Waals surface area contributed by atoms with E-state index in [1.54, 1.807) is 0 Å². The highest BCUT2D eigenvalue weighted by Gasteiger charge is 2.17. The first-order chi connectivity index (χ1) is 8.81. The number of nitrogens with zero attached hydrogens (tertiary/aromatic N) is 1. The molecule has 0 bridgehead atoms. The average Bonchev–Trinajstić information content (AvgIpc) is 2.40. The van der Waals surface area contributed by atoms with Gasteiger partial charge in [-0.15, -0.1) is 0 Å². The number of hydrogen-bond donors (Lipinski definition) is 0. The average molecular weight is 247 g/mol. The first-order valence-electron chi connectivity index (χ1n) is 6.90. The fraction of sp³-hybridized carbons (Fsp3) is 0.600. The van der Waals surface area contributed by atoms with Gasteiger partial charge in [0.05, 0.1) is 6.61 Å². The Kier molecular flexibility index (Phi) is 3.52. The van der Waals surface area contributed by atoms with Crippen molar-refractivity contribution < 1.29 is 9.47 Å². The van der Waals surface area contributed by atoms with Crippen LogP contribution in [0.15, 0.2) is 18.2 Å². The van der Waals surface area contributed by atoms with Gasteiger partial charge in [0.2, 0.25) is 0 Å². The topological polar surface area (TPSA) is 21.7 Å². The molecular formula is C15H21NO2. The number of likely N-dealkylation sites (N-methyl/N-ethyl adjacent to an activating group) is 1. The molecule has 1 saturated heterocycles. The molecule has 1 aromatic rings. The SMILES string of the molecule is CN1CCc2cc(OC3CCCCO3)ccc2C1. The van der Waals surface area contributed by atoms with Gasteiger partial charge < -0.3 is 14.4 Å². The van der Waals surface area contributed by atoms with E-state index in [2.05, 4.69) is 30.1 Å². The van der Waals surface area contributed by atoms with E-state index in [9.17, 15) is 0 Å². The zero-order valence-electron chi connectivity index (χ0n) is 11.0. The summed E-state index contributed by atoms with van der Waals surface area (Å²) in [6.07, 6.45) is 4.47. The monoisotopic (exact) mass is 247 g/mol. The third kappa shape index (κ3) is 2.68. The molecule has 18 heavy (non-hydrogen) atoms. The van der Waals surface area contributed by atoms with E-state index in [4.69, 9.17) is 9.47 Å². The van der Waals surface area contributed by atoms with Crippen molar-refractivity contribution in [2.24, 2.45) is 0 Å². The molecule has 2 aliphatic heterocycles. The maximum absolute atomic E-state index is 5.91. The zero-order valence-corrected chi connectivity index (χ0v) is 11.0. The zero-order chi connectivity index (χ0) is 12.4. The summed E-state index contributed by atoms with van der Waals surface area (Å²) in [7, 11) is 2.17. The molecule has 0 N–H and O–H groups in total. The minimum absolute atomic E-state index is 0.0388. The lowest BCUT2D eigenvalue weighted by Crippen LogP contribution is -2.27. The number of hydrogen-bond acceptors (Lipinski definition) is 3. The second-order valence-corrected chi connectivity index (χ2v) is 5.33. The molecule has 1 fully saturated rings. The van der Waals surface area contributed by atoms with Gasteiger partial charge in [0, 0.05) is 19.5 Å². The Morgan fingerprint density at radius 3 is 3.06 bits per heavy atom. The van der Waals surface area contributed by atoms with E-state index >= 15 is 0 Å². The van der Waals surface area contributed by atoms with Crippen LogP contribution in [0.4, 0.5) is 0 Å². The molecule has 98 valence electrons. The van der Waals surface area contributed by atoms with Crippen LogP contribution >= 0.6 is 0 Å². The quantitative estimate of drug-likeness (QED) is 0.801. The first kappa shape index (κ1) is 12.0. The van der Waals surface area contributed by atoms with Crippen molar-refractivity contribution in [3.05, 3.63) is 29.3 Å². The van der Waals surface area contributed by atoms with E-state index in [0.717, 1.165) is 44.7 Å². The molecule has 3 rings (SSSR count). The van der Waals surface area contributed by atoms with Crippen LogP contribution < -0.4 is 4.74 Å². The van der Waals surface area contributed by atoms with E-state index in [1.807, 2.05) is 0 Å². The predicted octanol–water partition coefficient (Wildman–Crippen LogP) is 2.58. The first-order valence-corrected chi connectivity index (χ1v) is 6.90. The molecule has 3 heteroatoms. The highest BCUT2D eigenvalue weighted by atomic mass is 16.7. The summed E-state index contributed by atoms with van der Waals surface area (Å²) < 4.78 is 11.5. The molecule has 0 spiro atoms. The van der Waals surface area contributed by atoms with E-state index in [1.165, 1.54) is 17.5 Å². The van der Waals surface area contributed by atoms with Crippen LogP contribution in [0.1, 0.15) is 30.4 Å². The Balaban J connectivity index is 1.69. The van der Waals surface area contributed by atoms with Crippen LogP contribution in [0.3, 0.4) is 0 Å². The molecule has 0 radical (unpaired) electrons. The van der Waals surface area contributed by atoms with Crippen molar-refractivity contribution in [3.63, 3.8) is 0 Å². The Morgan fingerprint density at radius 1 is 1.28 bits per heavy atom. The Morgan fingerprint density at radius 2 is 2.22 bits per heavy atom. The fourth-order valence-electron chi connectivity index (χ4n) is 2.70. The van der Waals surface area contributed by atoms with Gasteiger partial charge in [-0.05, 0) is 49.6 Å². The fourth-order valence-corrected chi connectivity index (χ4v) is 2.70. The molecule has 1 aromatic carbocycles. The lowest BCUT2D eigenvalue weighted by Gasteiger charge is -2.27. The van der Waals surface area contributed by atoms with Crippen molar-refractivity contribution in [2.45, 2.75) is 38.5 Å². The minimum Gasteiger partial charge on any atom is -0.465 e. The van der Waals surface area contributed by atoms with Gasteiger partial charge in [0.15, 0.2) is 6.29 Å². The van der Waals surface area contributed by atoms with Crippen LogP contribution in [0.25, 0.3) is 0 Å². The number of rotatable bonds is 2. The Bertz CT molecular complexity index is 413. The molecule has 1 atom stereocenters. The second-order valence-electron chi connectivity index (χ2n) is 5.33. The van der Waals surface area contributed by atoms with Crippen LogP contribution in [0.2, 0.25) is 0 Å². The number of ether oxygens (including phenoxy) is 2. The summed E-state index contributed by atoms with van der Waals surface area (Å²) in [6.45, 7) is 3.02. The number of benzene rings is 1. The lowest BCUT2D eigenvalue weighted by molar-refractivity contribution is -0.105. The Labute approximate surface area is 109 Å². The van der Waals surface area contributed by atoms with Crippen LogP contribution in [-0.2, 0) is 17.7 Å². The normalized spacial score (nSPS) is 24.6. The summed E-state index contributed by atoms with van der Waals surface area (Å²) in [5, 5.41) is 0. The molecule has 2 heterocycles. The molecular weight excluding hydrogens is 226 g/mol. The van der Waals surface area contributed by atoms with Gasteiger partial charge in [0.25, 0.3) is 0 Å². The van der Waals surface area contributed by atoms with Crippen molar-refractivity contribution in [2.75, 3.05) is 20.2 Å². The molecule has 0 saturated carbocycles. The van der Waals surface area contributed by atoms with E-state index < -0.39 is 0 Å². The third-order valence-electron chi connectivity index (χ3n) is 3.79.